The van der Waals surface area contributed by atoms with Crippen LogP contribution in [-0.4, -0.2) is 35.4 Å². The third-order valence-electron chi connectivity index (χ3n) is 4.53. The summed E-state index contributed by atoms with van der Waals surface area (Å²) in [7, 11) is 0. The molecule has 2 fully saturated rings. The summed E-state index contributed by atoms with van der Waals surface area (Å²) in [6.45, 7) is 8.63. The summed E-state index contributed by atoms with van der Waals surface area (Å²) < 4.78 is 5.88. The summed E-state index contributed by atoms with van der Waals surface area (Å²) in [6, 6.07) is -0.370. The molecule has 0 radical (unpaired) electrons. The Bertz CT molecular complexity index is 323. The van der Waals surface area contributed by atoms with Crippen molar-refractivity contribution in [2.24, 2.45) is 11.3 Å². The van der Waals surface area contributed by atoms with E-state index >= 15 is 0 Å². The molecule has 4 nitrogen and oxygen atoms in total. The predicted octanol–water partition coefficient (Wildman–Crippen LogP) is 2.03. The molecule has 1 saturated heterocycles. The zero-order valence-corrected chi connectivity index (χ0v) is 11.8. The Hall–Kier alpha value is -0.610. The first kappa shape index (κ1) is 13.8. The van der Waals surface area contributed by atoms with E-state index in [2.05, 4.69) is 26.1 Å². The highest BCUT2D eigenvalue weighted by atomic mass is 16.5. The van der Waals surface area contributed by atoms with Crippen LogP contribution < -0.4 is 5.32 Å². The van der Waals surface area contributed by atoms with E-state index in [0.29, 0.717) is 5.92 Å². The van der Waals surface area contributed by atoms with Crippen LogP contribution in [-0.2, 0) is 9.53 Å². The zero-order valence-electron chi connectivity index (χ0n) is 11.8. The van der Waals surface area contributed by atoms with Gasteiger partial charge in [-0.1, -0.05) is 20.8 Å². The fourth-order valence-corrected chi connectivity index (χ4v) is 3.26. The van der Waals surface area contributed by atoms with Gasteiger partial charge < -0.3 is 9.84 Å². The van der Waals surface area contributed by atoms with E-state index in [-0.39, 0.29) is 23.7 Å². The average molecular weight is 255 g/mol. The molecule has 0 aromatic rings. The fourth-order valence-electron chi connectivity index (χ4n) is 3.26. The third-order valence-corrected chi connectivity index (χ3v) is 4.53. The molecule has 2 aliphatic rings. The van der Waals surface area contributed by atoms with E-state index in [0.717, 1.165) is 12.8 Å². The maximum atomic E-state index is 11.2. The SMILES string of the molecule is CC1OC2CCC(C(C)(C)C)CC2NC1C(=O)O. The maximum absolute atomic E-state index is 11.2. The number of carboxylic acid groups (broad SMARTS) is 1. The number of nitrogens with one attached hydrogen (secondary N) is 1. The Balaban J connectivity index is 2.05. The molecular formula is C14H25NO3. The van der Waals surface area contributed by atoms with Crippen molar-refractivity contribution in [3.8, 4) is 0 Å². The molecule has 0 aromatic heterocycles. The van der Waals surface area contributed by atoms with Crippen molar-refractivity contribution < 1.29 is 14.6 Å². The second-order valence-corrected chi connectivity index (χ2v) is 6.84. The van der Waals surface area contributed by atoms with Crippen LogP contribution in [0.25, 0.3) is 0 Å². The topological polar surface area (TPSA) is 58.6 Å². The minimum absolute atomic E-state index is 0.189. The molecule has 0 spiro atoms. The van der Waals surface area contributed by atoms with Crippen LogP contribution in [0.2, 0.25) is 0 Å². The Morgan fingerprint density at radius 1 is 1.33 bits per heavy atom. The lowest BCUT2D eigenvalue weighted by atomic mass is 9.69. The second kappa shape index (κ2) is 4.82. The van der Waals surface area contributed by atoms with Crippen molar-refractivity contribution in [2.45, 2.75) is 71.2 Å². The van der Waals surface area contributed by atoms with Crippen LogP contribution in [0.15, 0.2) is 0 Å². The Morgan fingerprint density at radius 2 is 2.00 bits per heavy atom. The largest absolute Gasteiger partial charge is 0.480 e. The molecule has 0 bridgehead atoms. The predicted molar refractivity (Wildman–Crippen MR) is 69.5 cm³/mol. The van der Waals surface area contributed by atoms with Crippen molar-refractivity contribution in [1.29, 1.82) is 0 Å². The summed E-state index contributed by atoms with van der Waals surface area (Å²) >= 11 is 0. The lowest BCUT2D eigenvalue weighted by Crippen LogP contribution is -2.62. The first-order valence-corrected chi connectivity index (χ1v) is 6.93. The van der Waals surface area contributed by atoms with E-state index in [4.69, 9.17) is 4.74 Å². The fraction of sp³-hybridized carbons (Fsp3) is 0.929. The molecule has 104 valence electrons. The molecule has 1 aliphatic heterocycles. The standard InChI is InChI=1S/C14H25NO3/c1-8-12(13(16)17)15-10-7-9(14(2,3)4)5-6-11(10)18-8/h8-12,15H,5-7H2,1-4H3,(H,16,17). The van der Waals surface area contributed by atoms with Crippen LogP contribution in [0.4, 0.5) is 0 Å². The van der Waals surface area contributed by atoms with Gasteiger partial charge in [0.2, 0.25) is 0 Å². The van der Waals surface area contributed by atoms with Crippen LogP contribution in [0, 0.1) is 11.3 Å². The molecule has 2 N–H and O–H groups in total. The lowest BCUT2D eigenvalue weighted by molar-refractivity contribution is -0.156. The van der Waals surface area contributed by atoms with E-state index in [1.54, 1.807) is 0 Å². The Morgan fingerprint density at radius 3 is 2.56 bits per heavy atom. The van der Waals surface area contributed by atoms with Crippen LogP contribution in [0.1, 0.15) is 47.0 Å². The van der Waals surface area contributed by atoms with Crippen molar-refractivity contribution in [1.82, 2.24) is 5.32 Å². The van der Waals surface area contributed by atoms with Gasteiger partial charge in [-0.25, -0.2) is 0 Å². The molecule has 0 amide bonds. The highest BCUT2D eigenvalue weighted by Gasteiger charge is 2.43. The minimum Gasteiger partial charge on any atom is -0.480 e. The smallest absolute Gasteiger partial charge is 0.323 e. The number of carboxylic acids is 1. The first-order valence-electron chi connectivity index (χ1n) is 6.93. The molecular weight excluding hydrogens is 230 g/mol. The van der Waals surface area contributed by atoms with Gasteiger partial charge in [-0.05, 0) is 37.5 Å². The Kier molecular flexibility index (Phi) is 3.70. The van der Waals surface area contributed by atoms with Gasteiger partial charge in [0, 0.05) is 6.04 Å². The number of fused-ring (bicyclic) bond motifs is 1. The molecule has 5 unspecified atom stereocenters. The van der Waals surface area contributed by atoms with Gasteiger partial charge in [0.25, 0.3) is 0 Å². The molecule has 18 heavy (non-hydrogen) atoms. The quantitative estimate of drug-likeness (QED) is 0.752. The summed E-state index contributed by atoms with van der Waals surface area (Å²) in [5.41, 5.74) is 0.286. The van der Waals surface area contributed by atoms with Gasteiger partial charge in [0.05, 0.1) is 12.2 Å². The number of hydrogen-bond acceptors (Lipinski definition) is 3. The Labute approximate surface area is 109 Å². The number of ether oxygens (including phenoxy) is 1. The molecule has 1 aliphatic carbocycles. The maximum Gasteiger partial charge on any atom is 0.323 e. The molecule has 1 heterocycles. The number of hydrogen-bond donors (Lipinski definition) is 2. The van der Waals surface area contributed by atoms with Gasteiger partial charge in [0.15, 0.2) is 0 Å². The summed E-state index contributed by atoms with van der Waals surface area (Å²) in [4.78, 5) is 11.2. The van der Waals surface area contributed by atoms with Crippen LogP contribution in [0.5, 0.6) is 0 Å². The molecule has 0 aromatic carbocycles. The summed E-state index contributed by atoms with van der Waals surface area (Å²) in [5.74, 6) is -0.170. The van der Waals surface area contributed by atoms with Crippen molar-refractivity contribution >= 4 is 5.97 Å². The van der Waals surface area contributed by atoms with Gasteiger partial charge in [0.1, 0.15) is 6.04 Å². The van der Waals surface area contributed by atoms with E-state index in [1.807, 2.05) is 6.92 Å². The van der Waals surface area contributed by atoms with Gasteiger partial charge >= 0.3 is 5.97 Å². The van der Waals surface area contributed by atoms with Gasteiger partial charge in [-0.3, -0.25) is 10.1 Å². The van der Waals surface area contributed by atoms with Crippen LogP contribution >= 0.6 is 0 Å². The number of aliphatic carboxylic acids is 1. The van der Waals surface area contributed by atoms with Crippen LogP contribution in [0.3, 0.4) is 0 Å². The van der Waals surface area contributed by atoms with Crippen molar-refractivity contribution in [3.63, 3.8) is 0 Å². The normalized spacial score (nSPS) is 41.2. The third kappa shape index (κ3) is 2.69. The molecule has 2 rings (SSSR count). The second-order valence-electron chi connectivity index (χ2n) is 6.84. The number of carbonyl (C=O) groups is 1. The minimum atomic E-state index is -0.807. The van der Waals surface area contributed by atoms with E-state index in [9.17, 15) is 9.90 Å². The van der Waals surface area contributed by atoms with Crippen molar-refractivity contribution in [3.05, 3.63) is 0 Å². The monoisotopic (exact) mass is 255 g/mol. The molecule has 5 atom stereocenters. The lowest BCUT2D eigenvalue weighted by Gasteiger charge is -2.47. The van der Waals surface area contributed by atoms with Crippen molar-refractivity contribution in [2.75, 3.05) is 0 Å². The highest BCUT2D eigenvalue weighted by Crippen LogP contribution is 2.40. The molecule has 4 heteroatoms. The number of morpholine rings is 1. The average Bonchev–Trinajstić information content (AvgIpc) is 2.25. The van der Waals surface area contributed by atoms with Gasteiger partial charge in [-0.15, -0.1) is 0 Å². The zero-order chi connectivity index (χ0) is 13.5. The summed E-state index contributed by atoms with van der Waals surface area (Å²) in [5, 5.41) is 12.5. The number of rotatable bonds is 1. The summed E-state index contributed by atoms with van der Waals surface area (Å²) in [6.07, 6.45) is 3.18. The molecule has 1 saturated carbocycles. The first-order chi connectivity index (χ1) is 8.29. The van der Waals surface area contributed by atoms with E-state index < -0.39 is 12.0 Å². The van der Waals surface area contributed by atoms with Gasteiger partial charge in [-0.2, -0.15) is 0 Å². The van der Waals surface area contributed by atoms with E-state index in [1.165, 1.54) is 6.42 Å². The highest BCUT2D eigenvalue weighted by molar-refractivity contribution is 5.74.